The third-order valence-electron chi connectivity index (χ3n) is 7.59. The SMILES string of the molecule is CCC(O)(C(=O)NCCCNCCCCN)C1C=C2c3nc4ccccc4cc3CN2C(=O)C1COC(C)=O. The number of para-hydroxylation sites is 1. The molecule has 10 heteroatoms. The Balaban J connectivity index is 1.58. The number of fused-ring (bicyclic) bond motifs is 4. The lowest BCUT2D eigenvalue weighted by atomic mass is 9.73. The molecule has 2 aliphatic rings. The fourth-order valence-electron chi connectivity index (χ4n) is 5.38. The van der Waals surface area contributed by atoms with E-state index in [-0.39, 0.29) is 18.9 Å². The largest absolute Gasteiger partial charge is 0.465 e. The zero-order valence-electron chi connectivity index (χ0n) is 22.7. The minimum Gasteiger partial charge on any atom is -0.465 e. The van der Waals surface area contributed by atoms with Gasteiger partial charge in [-0.05, 0) is 57.5 Å². The molecule has 2 amide bonds. The Morgan fingerprint density at radius 2 is 1.97 bits per heavy atom. The molecule has 2 aliphatic heterocycles. The predicted molar refractivity (Wildman–Crippen MR) is 148 cm³/mol. The van der Waals surface area contributed by atoms with Crippen molar-refractivity contribution < 1.29 is 24.2 Å². The van der Waals surface area contributed by atoms with Crippen molar-refractivity contribution in [3.05, 3.63) is 47.7 Å². The first-order valence-corrected chi connectivity index (χ1v) is 13.8. The minimum atomic E-state index is -1.88. The van der Waals surface area contributed by atoms with Crippen molar-refractivity contribution in [1.82, 2.24) is 20.5 Å². The minimum absolute atomic E-state index is 0.0759. The molecule has 0 bridgehead atoms. The van der Waals surface area contributed by atoms with Gasteiger partial charge in [-0.25, -0.2) is 4.98 Å². The number of nitrogens with zero attached hydrogens (tertiary/aromatic N) is 2. The topological polar surface area (TPSA) is 147 Å². The van der Waals surface area contributed by atoms with Crippen molar-refractivity contribution in [2.75, 3.05) is 32.8 Å². The second-order valence-electron chi connectivity index (χ2n) is 10.2. The van der Waals surface area contributed by atoms with Gasteiger partial charge in [0.15, 0.2) is 0 Å². The number of benzene rings is 1. The highest BCUT2D eigenvalue weighted by Crippen LogP contribution is 2.44. The number of pyridine rings is 1. The Labute approximate surface area is 229 Å². The first-order chi connectivity index (χ1) is 18.8. The Morgan fingerprint density at radius 3 is 2.72 bits per heavy atom. The van der Waals surface area contributed by atoms with Crippen LogP contribution in [0.1, 0.15) is 50.8 Å². The van der Waals surface area contributed by atoms with Crippen molar-refractivity contribution in [3.63, 3.8) is 0 Å². The number of hydrogen-bond donors (Lipinski definition) is 4. The average Bonchev–Trinajstić information content (AvgIpc) is 3.29. The summed E-state index contributed by atoms with van der Waals surface area (Å²) in [5.41, 5.74) is 6.56. The number of nitrogens with two attached hydrogens (primary N) is 1. The van der Waals surface area contributed by atoms with E-state index >= 15 is 0 Å². The Hall–Kier alpha value is -3.34. The van der Waals surface area contributed by atoms with E-state index in [0.29, 0.717) is 37.4 Å². The van der Waals surface area contributed by atoms with Gasteiger partial charge in [0.25, 0.3) is 5.91 Å². The molecule has 0 spiro atoms. The number of carbonyl (C=O) groups is 3. The molecule has 1 aromatic carbocycles. The van der Waals surface area contributed by atoms with E-state index in [9.17, 15) is 19.5 Å². The first kappa shape index (κ1) is 28.7. The van der Waals surface area contributed by atoms with E-state index in [0.717, 1.165) is 42.4 Å². The van der Waals surface area contributed by atoms with E-state index in [1.165, 1.54) is 6.92 Å². The van der Waals surface area contributed by atoms with Gasteiger partial charge in [0.2, 0.25) is 5.91 Å². The normalized spacial score (nSPS) is 19.7. The summed E-state index contributed by atoms with van der Waals surface area (Å²) < 4.78 is 5.25. The number of rotatable bonds is 13. The van der Waals surface area contributed by atoms with Crippen LogP contribution in [0.5, 0.6) is 0 Å². The molecule has 3 atom stereocenters. The number of aromatic nitrogens is 1. The van der Waals surface area contributed by atoms with Gasteiger partial charge in [-0.15, -0.1) is 0 Å². The second-order valence-corrected chi connectivity index (χ2v) is 10.2. The van der Waals surface area contributed by atoms with Crippen molar-refractivity contribution in [3.8, 4) is 0 Å². The summed E-state index contributed by atoms with van der Waals surface area (Å²) in [6, 6.07) is 9.74. The molecule has 0 fully saturated rings. The van der Waals surface area contributed by atoms with Gasteiger partial charge in [-0.2, -0.15) is 0 Å². The van der Waals surface area contributed by atoms with Crippen LogP contribution >= 0.6 is 0 Å². The van der Waals surface area contributed by atoms with Crippen molar-refractivity contribution in [1.29, 1.82) is 0 Å². The molecule has 0 saturated carbocycles. The van der Waals surface area contributed by atoms with Crippen molar-refractivity contribution in [2.24, 2.45) is 17.6 Å². The smallest absolute Gasteiger partial charge is 0.302 e. The number of nitrogens with one attached hydrogen (secondary N) is 2. The molecule has 5 N–H and O–H groups in total. The second kappa shape index (κ2) is 12.7. The van der Waals surface area contributed by atoms with Gasteiger partial charge in [0, 0.05) is 30.3 Å². The van der Waals surface area contributed by atoms with Crippen LogP contribution in [0.25, 0.3) is 16.6 Å². The number of amides is 2. The lowest BCUT2D eigenvalue weighted by Gasteiger charge is -2.41. The zero-order chi connectivity index (χ0) is 28.0. The highest BCUT2D eigenvalue weighted by molar-refractivity contribution is 5.97. The van der Waals surface area contributed by atoms with Gasteiger partial charge in [0.05, 0.1) is 29.4 Å². The number of aliphatic hydroxyl groups is 1. The summed E-state index contributed by atoms with van der Waals surface area (Å²) in [7, 11) is 0. The molecule has 10 nitrogen and oxygen atoms in total. The molecule has 3 unspecified atom stereocenters. The quantitative estimate of drug-likeness (QED) is 0.223. The molecule has 1 aromatic heterocycles. The Morgan fingerprint density at radius 1 is 1.21 bits per heavy atom. The van der Waals surface area contributed by atoms with Crippen LogP contribution < -0.4 is 16.4 Å². The summed E-state index contributed by atoms with van der Waals surface area (Å²) in [6.45, 7) is 5.71. The molecule has 2 aromatic rings. The summed E-state index contributed by atoms with van der Waals surface area (Å²) in [4.78, 5) is 45.3. The molecule has 210 valence electrons. The highest BCUT2D eigenvalue weighted by atomic mass is 16.5. The third kappa shape index (κ3) is 6.13. The Bertz CT molecular complexity index is 1250. The summed E-state index contributed by atoms with van der Waals surface area (Å²) in [6.07, 6.45) is 4.49. The highest BCUT2D eigenvalue weighted by Gasteiger charge is 2.52. The van der Waals surface area contributed by atoms with Crippen molar-refractivity contribution >= 4 is 34.4 Å². The third-order valence-corrected chi connectivity index (χ3v) is 7.59. The standard InChI is InChI=1S/C29H39N5O5/c1-3-29(38,28(37)32-14-8-13-31-12-7-6-11-30)23-16-25-26-21(15-20-9-4-5-10-24(20)33-26)17-34(25)27(36)22(23)18-39-19(2)35/h4-5,9-10,15-16,22-23,31,38H,3,6-8,11-14,17-18,30H2,1-2H3,(H,32,37). The van der Waals surface area contributed by atoms with E-state index < -0.39 is 29.3 Å². The maximum atomic E-state index is 13.8. The monoisotopic (exact) mass is 537 g/mol. The Kier molecular flexibility index (Phi) is 9.32. The molecule has 4 rings (SSSR count). The van der Waals surface area contributed by atoms with Gasteiger partial charge in [-0.1, -0.05) is 31.2 Å². The first-order valence-electron chi connectivity index (χ1n) is 13.8. The molecule has 0 saturated heterocycles. The summed E-state index contributed by atoms with van der Waals surface area (Å²) >= 11 is 0. The van der Waals surface area contributed by atoms with Crippen LogP contribution in [-0.4, -0.2) is 71.2 Å². The molecule has 0 radical (unpaired) electrons. The number of unbranched alkanes of at least 4 members (excludes halogenated alkanes) is 1. The maximum Gasteiger partial charge on any atom is 0.302 e. The number of ether oxygens (including phenoxy) is 1. The van der Waals surface area contributed by atoms with Crippen LogP contribution in [0, 0.1) is 11.8 Å². The lowest BCUT2D eigenvalue weighted by molar-refractivity contribution is -0.157. The van der Waals surface area contributed by atoms with Crippen LogP contribution in [0.2, 0.25) is 0 Å². The molecular formula is C29H39N5O5. The van der Waals surface area contributed by atoms with Gasteiger partial charge < -0.3 is 31.1 Å². The lowest BCUT2D eigenvalue weighted by Crippen LogP contribution is -2.57. The van der Waals surface area contributed by atoms with Crippen LogP contribution in [0.3, 0.4) is 0 Å². The van der Waals surface area contributed by atoms with E-state index in [4.69, 9.17) is 15.5 Å². The van der Waals surface area contributed by atoms with Gasteiger partial charge >= 0.3 is 5.97 Å². The fraction of sp³-hybridized carbons (Fsp3) is 0.517. The number of hydrogen-bond acceptors (Lipinski definition) is 8. The molecule has 0 aliphatic carbocycles. The summed E-state index contributed by atoms with van der Waals surface area (Å²) in [5, 5.41) is 18.9. The van der Waals surface area contributed by atoms with Gasteiger partial charge in [0.1, 0.15) is 12.2 Å². The van der Waals surface area contributed by atoms with E-state index in [2.05, 4.69) is 10.6 Å². The fourth-order valence-corrected chi connectivity index (χ4v) is 5.38. The van der Waals surface area contributed by atoms with Crippen LogP contribution in [0.4, 0.5) is 0 Å². The number of carbonyl (C=O) groups excluding carboxylic acids is 3. The van der Waals surface area contributed by atoms with Crippen molar-refractivity contribution in [2.45, 2.75) is 51.7 Å². The van der Waals surface area contributed by atoms with Crippen LogP contribution in [-0.2, 0) is 25.7 Å². The van der Waals surface area contributed by atoms with E-state index in [1.54, 1.807) is 17.9 Å². The summed E-state index contributed by atoms with van der Waals surface area (Å²) in [5.74, 6) is -3.20. The van der Waals surface area contributed by atoms with Gasteiger partial charge in [-0.3, -0.25) is 14.4 Å². The molecular weight excluding hydrogens is 498 g/mol. The molecule has 3 heterocycles. The van der Waals surface area contributed by atoms with Crippen LogP contribution in [0.15, 0.2) is 36.4 Å². The zero-order valence-corrected chi connectivity index (χ0v) is 22.7. The van der Waals surface area contributed by atoms with E-state index in [1.807, 2.05) is 30.3 Å². The molecule has 39 heavy (non-hydrogen) atoms. The number of esters is 1. The maximum absolute atomic E-state index is 13.8. The average molecular weight is 538 g/mol. The predicted octanol–water partition coefficient (Wildman–Crippen LogP) is 1.70.